The summed E-state index contributed by atoms with van der Waals surface area (Å²) in [4.78, 5) is 61.6. The number of hydrogen-bond acceptors (Lipinski definition) is 8. The molecule has 2 saturated heterocycles. The number of nitrogens with two attached hydrogens (primary N) is 1. The number of pyridine rings is 1. The zero-order valence-electron chi connectivity index (χ0n) is 26.3. The van der Waals surface area contributed by atoms with Crippen LogP contribution >= 0.6 is 0 Å². The van der Waals surface area contributed by atoms with Gasteiger partial charge in [0.1, 0.15) is 11.9 Å². The van der Waals surface area contributed by atoms with E-state index in [2.05, 4.69) is 20.9 Å². The molecule has 0 spiro atoms. The lowest BCUT2D eigenvalue weighted by Gasteiger charge is -2.31. The van der Waals surface area contributed by atoms with Gasteiger partial charge in [0.25, 0.3) is 5.91 Å². The number of carboxylic acid groups (broad SMARTS) is 2. The number of rotatable bonds is 8. The van der Waals surface area contributed by atoms with Crippen molar-refractivity contribution in [2.24, 2.45) is 5.92 Å². The van der Waals surface area contributed by atoms with Crippen LogP contribution < -0.4 is 21.7 Å². The van der Waals surface area contributed by atoms with Crippen molar-refractivity contribution in [3.63, 3.8) is 0 Å². The van der Waals surface area contributed by atoms with Gasteiger partial charge < -0.3 is 36.8 Å². The average molecular weight is 707 g/mol. The average Bonchev–Trinajstić information content (AvgIpc) is 3.44. The van der Waals surface area contributed by atoms with Crippen molar-refractivity contribution >= 4 is 35.5 Å². The molecule has 13 nitrogen and oxygen atoms in total. The Balaban J connectivity index is 0.000000500. The molecule has 1 aromatic heterocycles. The van der Waals surface area contributed by atoms with E-state index in [4.69, 9.17) is 25.5 Å². The van der Waals surface area contributed by atoms with E-state index < -0.39 is 30.3 Å². The molecule has 2 aliphatic rings. The molecule has 3 heterocycles. The summed E-state index contributed by atoms with van der Waals surface area (Å²) in [5.74, 6) is -5.14. The van der Waals surface area contributed by atoms with Crippen molar-refractivity contribution in [3.05, 3.63) is 58.8 Å². The quantitative estimate of drug-likeness (QED) is 0.221. The number of aliphatic carboxylic acids is 2. The molecule has 49 heavy (non-hydrogen) atoms. The molecule has 270 valence electrons. The number of likely N-dealkylation sites (tertiary alicyclic amines) is 1. The van der Waals surface area contributed by atoms with Gasteiger partial charge in [-0.05, 0) is 74.9 Å². The van der Waals surface area contributed by atoms with Gasteiger partial charge >= 0.3 is 24.3 Å². The number of hydrogen-bond donors (Lipinski definition) is 6. The first-order chi connectivity index (χ1) is 22.7. The summed E-state index contributed by atoms with van der Waals surface area (Å²) in [5.41, 5.74) is 9.14. The van der Waals surface area contributed by atoms with Gasteiger partial charge in [-0.2, -0.15) is 26.3 Å². The van der Waals surface area contributed by atoms with Crippen LogP contribution in [0.2, 0.25) is 0 Å². The molecule has 2 aromatic rings. The molecule has 1 aromatic carbocycles. The minimum Gasteiger partial charge on any atom is -0.475 e. The van der Waals surface area contributed by atoms with Crippen LogP contribution in [0.3, 0.4) is 0 Å². The van der Waals surface area contributed by atoms with Crippen molar-refractivity contribution in [2.75, 3.05) is 25.4 Å². The first-order valence-electron chi connectivity index (χ1n) is 14.7. The summed E-state index contributed by atoms with van der Waals surface area (Å²) in [6.45, 7) is 6.22. The van der Waals surface area contributed by atoms with E-state index in [9.17, 15) is 40.7 Å². The lowest BCUT2D eigenvalue weighted by molar-refractivity contribution is -0.193. The van der Waals surface area contributed by atoms with Crippen LogP contribution in [-0.4, -0.2) is 93.8 Å². The van der Waals surface area contributed by atoms with E-state index in [1.807, 2.05) is 42.2 Å². The predicted molar refractivity (Wildman–Crippen MR) is 161 cm³/mol. The summed E-state index contributed by atoms with van der Waals surface area (Å²) in [6.07, 6.45) is -7.62. The van der Waals surface area contributed by atoms with E-state index >= 15 is 0 Å². The number of nitrogens with one attached hydrogen (secondary N) is 3. The molecular formula is C30H36F6N6O7. The van der Waals surface area contributed by atoms with Crippen LogP contribution in [0.4, 0.5) is 32.2 Å². The van der Waals surface area contributed by atoms with Gasteiger partial charge in [0.15, 0.2) is 0 Å². The number of anilines is 1. The van der Waals surface area contributed by atoms with E-state index in [1.165, 1.54) is 0 Å². The van der Waals surface area contributed by atoms with Crippen LogP contribution in [0.5, 0.6) is 0 Å². The number of alkyl halides is 6. The molecule has 4 rings (SSSR count). The maximum absolute atomic E-state index is 12.8. The highest BCUT2D eigenvalue weighted by Crippen LogP contribution is 2.22. The maximum atomic E-state index is 12.8. The molecule has 7 N–H and O–H groups in total. The van der Waals surface area contributed by atoms with Gasteiger partial charge in [0, 0.05) is 30.9 Å². The summed E-state index contributed by atoms with van der Waals surface area (Å²) in [6, 6.07) is 10.3. The fourth-order valence-electron chi connectivity index (χ4n) is 4.54. The highest BCUT2D eigenvalue weighted by atomic mass is 19.4. The second-order valence-electron chi connectivity index (χ2n) is 11.1. The summed E-state index contributed by atoms with van der Waals surface area (Å²) < 4.78 is 63.5. The number of aromatic nitrogens is 1. The highest BCUT2D eigenvalue weighted by molar-refractivity contribution is 5.94. The molecule has 0 unspecified atom stereocenters. The predicted octanol–water partition coefficient (Wildman–Crippen LogP) is 2.43. The van der Waals surface area contributed by atoms with Gasteiger partial charge in [-0.25, -0.2) is 14.6 Å². The van der Waals surface area contributed by atoms with Crippen molar-refractivity contribution in [2.45, 2.75) is 64.1 Å². The fourth-order valence-corrected chi connectivity index (χ4v) is 4.54. The number of halogens is 6. The van der Waals surface area contributed by atoms with E-state index in [1.54, 1.807) is 13.0 Å². The number of nitrogens with zero attached hydrogens (tertiary/aromatic N) is 2. The van der Waals surface area contributed by atoms with Crippen molar-refractivity contribution in [1.29, 1.82) is 0 Å². The first-order valence-corrected chi connectivity index (χ1v) is 14.7. The molecule has 2 aliphatic heterocycles. The second kappa shape index (κ2) is 17.5. The van der Waals surface area contributed by atoms with E-state index in [0.29, 0.717) is 25.3 Å². The second-order valence-corrected chi connectivity index (χ2v) is 11.1. The summed E-state index contributed by atoms with van der Waals surface area (Å²) in [7, 11) is 0. The molecule has 0 aliphatic carbocycles. The number of benzene rings is 1. The van der Waals surface area contributed by atoms with Gasteiger partial charge in [-0.15, -0.1) is 0 Å². The normalized spacial score (nSPS) is 17.6. The van der Waals surface area contributed by atoms with Crippen LogP contribution in [0.15, 0.2) is 36.4 Å². The van der Waals surface area contributed by atoms with Gasteiger partial charge in [0.2, 0.25) is 11.8 Å². The Bertz CT molecular complexity index is 1480. The van der Waals surface area contributed by atoms with E-state index in [0.717, 1.165) is 48.3 Å². The molecule has 0 radical (unpaired) electrons. The molecule has 0 bridgehead atoms. The van der Waals surface area contributed by atoms with Crippen LogP contribution in [0.1, 0.15) is 46.9 Å². The molecular weight excluding hydrogens is 670 g/mol. The zero-order valence-corrected chi connectivity index (χ0v) is 26.3. The number of aryl methyl sites for hydroxylation is 1. The number of amides is 3. The fraction of sp³-hybridized carbons (Fsp3) is 0.467. The van der Waals surface area contributed by atoms with E-state index in [-0.39, 0.29) is 29.7 Å². The Morgan fingerprint density at radius 3 is 2.12 bits per heavy atom. The van der Waals surface area contributed by atoms with Crippen LogP contribution in [-0.2, 0) is 32.1 Å². The number of carboxylic acids is 2. The minimum atomic E-state index is -5.08. The van der Waals surface area contributed by atoms with Crippen LogP contribution in [0, 0.1) is 12.8 Å². The smallest absolute Gasteiger partial charge is 0.475 e. The summed E-state index contributed by atoms with van der Waals surface area (Å²) >= 11 is 0. The highest BCUT2D eigenvalue weighted by Gasteiger charge is 2.39. The SMILES string of the molecule is Cc1nc(N)ccc1CNC(=O)[C@H](C)NC(=O)[C@H]1C[C@H](Cc2cccc(C(=O)N3CCC3)c2)CN1.O=C(O)C(F)(F)F.O=C(O)C(F)(F)F. The van der Waals surface area contributed by atoms with Crippen molar-refractivity contribution in [1.82, 2.24) is 25.8 Å². The monoisotopic (exact) mass is 706 g/mol. The van der Waals surface area contributed by atoms with Crippen molar-refractivity contribution < 1.29 is 60.5 Å². The van der Waals surface area contributed by atoms with Gasteiger partial charge in [-0.1, -0.05) is 18.2 Å². The summed E-state index contributed by atoms with van der Waals surface area (Å²) in [5, 5.41) is 23.2. The lowest BCUT2D eigenvalue weighted by Crippen LogP contribution is -2.50. The third-order valence-corrected chi connectivity index (χ3v) is 7.29. The zero-order chi connectivity index (χ0) is 37.1. The first kappa shape index (κ1) is 40.2. The third-order valence-electron chi connectivity index (χ3n) is 7.29. The van der Waals surface area contributed by atoms with Crippen LogP contribution in [0.25, 0.3) is 0 Å². The third kappa shape index (κ3) is 13.2. The largest absolute Gasteiger partial charge is 0.490 e. The molecule has 3 atom stereocenters. The Labute approximate surface area is 276 Å². The minimum absolute atomic E-state index is 0.0926. The Morgan fingerprint density at radius 2 is 1.61 bits per heavy atom. The van der Waals surface area contributed by atoms with Gasteiger partial charge in [-0.3, -0.25) is 14.4 Å². The number of carbonyl (C=O) groups is 5. The van der Waals surface area contributed by atoms with Crippen molar-refractivity contribution in [3.8, 4) is 0 Å². The Morgan fingerprint density at radius 1 is 1.02 bits per heavy atom. The topological polar surface area (TPSA) is 204 Å². The number of carbonyl (C=O) groups excluding carboxylic acids is 3. The molecule has 0 saturated carbocycles. The van der Waals surface area contributed by atoms with Gasteiger partial charge in [0.05, 0.1) is 6.04 Å². The molecule has 3 amide bonds. The Kier molecular flexibility index (Phi) is 14.3. The standard InChI is InChI=1S/C26H34N6O3.2C2HF3O2/c1-16-21(7-8-23(27)30-16)15-29-24(33)17(2)31-25(34)22-13-19(14-28-22)11-18-5-3-6-20(12-18)26(35)32-9-4-10-32;2*3-2(4,5)1(6)7/h3,5-8,12,17,19,22,28H,4,9-11,13-15H2,1-2H3,(H2,27,30)(H,29,33)(H,31,34);2*(H,6,7)/t17-,19-,22+;;/m0../s1. The lowest BCUT2D eigenvalue weighted by atomic mass is 9.95. The maximum Gasteiger partial charge on any atom is 0.490 e. The molecule has 2 fully saturated rings. The number of nitrogen functional groups attached to an aromatic ring is 1. The molecule has 19 heteroatoms. The Hall–Kier alpha value is -4.94.